The Bertz CT molecular complexity index is 2490. The first kappa shape index (κ1) is 27.1. The van der Waals surface area contributed by atoms with Gasteiger partial charge in [-0.2, -0.15) is 0 Å². The molecule has 0 saturated heterocycles. The summed E-state index contributed by atoms with van der Waals surface area (Å²) in [6.07, 6.45) is -0.421. The summed E-state index contributed by atoms with van der Waals surface area (Å²) in [7, 11) is 0. The molecule has 1 aliphatic rings. The molecular weight excluding hydrogens is 574 g/mol. The second-order valence-corrected chi connectivity index (χ2v) is 11.9. The molecule has 2 heterocycles. The lowest BCUT2D eigenvalue weighted by atomic mass is 9.97. The Kier molecular flexibility index (Phi) is 6.50. The van der Waals surface area contributed by atoms with Crippen LogP contribution in [-0.2, 0) is 0 Å². The summed E-state index contributed by atoms with van der Waals surface area (Å²) in [5, 5.41) is 8.15. The molecule has 47 heavy (non-hydrogen) atoms. The smallest absolute Gasteiger partial charge is 0.169 e. The first-order valence-corrected chi connectivity index (χ1v) is 15.9. The van der Waals surface area contributed by atoms with Crippen LogP contribution < -0.4 is 5.32 Å². The summed E-state index contributed by atoms with van der Waals surface area (Å²) in [6, 6.07) is 57.0. The molecule has 0 saturated carbocycles. The minimum atomic E-state index is -0.421. The molecule has 0 amide bonds. The van der Waals surface area contributed by atoms with Crippen molar-refractivity contribution in [3.8, 4) is 22.3 Å². The second kappa shape index (κ2) is 11.3. The van der Waals surface area contributed by atoms with Gasteiger partial charge in [-0.05, 0) is 68.9 Å². The molecule has 1 aromatic heterocycles. The van der Waals surface area contributed by atoms with E-state index in [1.807, 2.05) is 42.5 Å². The van der Waals surface area contributed by atoms with E-state index in [4.69, 9.17) is 14.4 Å². The third-order valence-corrected chi connectivity index (χ3v) is 8.93. The van der Waals surface area contributed by atoms with Gasteiger partial charge in [0.25, 0.3) is 0 Å². The average Bonchev–Trinajstić information content (AvgIpc) is 3.53. The van der Waals surface area contributed by atoms with Gasteiger partial charge in [-0.15, -0.1) is 0 Å². The van der Waals surface area contributed by atoms with E-state index in [1.54, 1.807) is 0 Å². The monoisotopic (exact) mass is 603 g/mol. The van der Waals surface area contributed by atoms with Crippen LogP contribution >= 0.6 is 0 Å². The van der Waals surface area contributed by atoms with E-state index in [0.717, 1.165) is 72.2 Å². The molecule has 222 valence electrons. The quantitative estimate of drug-likeness (QED) is 0.213. The molecule has 0 radical (unpaired) electrons. The highest BCUT2D eigenvalue weighted by Crippen LogP contribution is 2.34. The molecule has 9 rings (SSSR count). The number of rotatable bonds is 5. The van der Waals surface area contributed by atoms with Crippen molar-refractivity contribution in [2.45, 2.75) is 6.17 Å². The average molecular weight is 604 g/mol. The minimum absolute atomic E-state index is 0.421. The standard InChI is InChI=1S/C43H29N3O/c1-3-11-28(12-4-1)31-21-23-35-33(25-31)16-10-19-38(35)43-45-41(29-13-5-2-6-14-29)44-42(46-43)34-17-9-15-30(26-34)32-22-24-37-36-18-7-8-20-39(36)47-40(37)27-32/h1-27,42H,(H,44,45,46). The molecule has 0 bridgehead atoms. The van der Waals surface area contributed by atoms with Gasteiger partial charge in [-0.3, -0.25) is 0 Å². The van der Waals surface area contributed by atoms with Crippen LogP contribution in [0.2, 0.25) is 0 Å². The fourth-order valence-corrected chi connectivity index (χ4v) is 6.56. The zero-order chi connectivity index (χ0) is 31.2. The Balaban J connectivity index is 1.13. The van der Waals surface area contributed by atoms with Crippen LogP contribution in [0, 0.1) is 0 Å². The molecule has 8 aromatic rings. The maximum Gasteiger partial charge on any atom is 0.169 e. The van der Waals surface area contributed by atoms with Gasteiger partial charge >= 0.3 is 0 Å². The molecule has 0 aliphatic carbocycles. The van der Waals surface area contributed by atoms with Gasteiger partial charge < -0.3 is 9.73 Å². The fraction of sp³-hybridized carbons (Fsp3) is 0.0233. The molecular formula is C43H29N3O. The molecule has 4 heteroatoms. The van der Waals surface area contributed by atoms with Crippen molar-refractivity contribution in [1.82, 2.24) is 5.32 Å². The Labute approximate surface area is 272 Å². The van der Waals surface area contributed by atoms with Crippen LogP contribution in [0.5, 0.6) is 0 Å². The van der Waals surface area contributed by atoms with Gasteiger partial charge in [0.2, 0.25) is 0 Å². The molecule has 7 aromatic carbocycles. The van der Waals surface area contributed by atoms with Gasteiger partial charge in [0, 0.05) is 21.9 Å². The summed E-state index contributed by atoms with van der Waals surface area (Å²) in [5.74, 6) is 1.60. The number of amidine groups is 2. The minimum Gasteiger partial charge on any atom is -0.456 e. The maximum atomic E-state index is 6.20. The Morgan fingerprint density at radius 3 is 1.91 bits per heavy atom. The molecule has 1 aliphatic heterocycles. The van der Waals surface area contributed by atoms with E-state index in [-0.39, 0.29) is 0 Å². The molecule has 1 N–H and O–H groups in total. The van der Waals surface area contributed by atoms with E-state index in [0.29, 0.717) is 0 Å². The van der Waals surface area contributed by atoms with Crippen molar-refractivity contribution < 1.29 is 4.42 Å². The van der Waals surface area contributed by atoms with Gasteiger partial charge in [-0.1, -0.05) is 133 Å². The molecule has 4 nitrogen and oxygen atoms in total. The number of nitrogens with zero attached hydrogens (tertiary/aromatic N) is 2. The topological polar surface area (TPSA) is 49.9 Å². The normalized spacial score (nSPS) is 14.6. The van der Waals surface area contributed by atoms with Crippen LogP contribution in [0.4, 0.5) is 0 Å². The lowest BCUT2D eigenvalue weighted by Gasteiger charge is -2.23. The Morgan fingerprint density at radius 2 is 1.06 bits per heavy atom. The number of aliphatic imine (C=N–C) groups is 2. The molecule has 1 atom stereocenters. The van der Waals surface area contributed by atoms with E-state index in [2.05, 4.69) is 127 Å². The summed E-state index contributed by atoms with van der Waals surface area (Å²) in [5.41, 5.74) is 9.43. The highest BCUT2D eigenvalue weighted by molar-refractivity contribution is 6.20. The van der Waals surface area contributed by atoms with Crippen LogP contribution in [0.25, 0.3) is 55.0 Å². The van der Waals surface area contributed by atoms with E-state index >= 15 is 0 Å². The Morgan fingerprint density at radius 1 is 0.426 bits per heavy atom. The van der Waals surface area contributed by atoms with Gasteiger partial charge in [0.1, 0.15) is 22.8 Å². The number of benzene rings is 7. The number of para-hydroxylation sites is 1. The SMILES string of the molecule is c1ccc(C2=NC(c3cccc(-c4ccc5c(c4)oc4ccccc45)c3)N=C(c3cccc4cc(-c5ccccc5)ccc34)N2)cc1. The largest absolute Gasteiger partial charge is 0.456 e. The third kappa shape index (κ3) is 4.97. The maximum absolute atomic E-state index is 6.20. The number of hydrogen-bond donors (Lipinski definition) is 1. The fourth-order valence-electron chi connectivity index (χ4n) is 6.56. The van der Waals surface area contributed by atoms with Crippen molar-refractivity contribution in [2.75, 3.05) is 0 Å². The van der Waals surface area contributed by atoms with Crippen molar-refractivity contribution >= 4 is 44.4 Å². The molecule has 0 fully saturated rings. The molecule has 1 unspecified atom stereocenters. The van der Waals surface area contributed by atoms with Gasteiger partial charge in [0.05, 0.1) is 0 Å². The van der Waals surface area contributed by atoms with Crippen LogP contribution in [0.1, 0.15) is 22.9 Å². The zero-order valence-corrected chi connectivity index (χ0v) is 25.5. The second-order valence-electron chi connectivity index (χ2n) is 11.9. The van der Waals surface area contributed by atoms with Crippen LogP contribution in [0.3, 0.4) is 0 Å². The van der Waals surface area contributed by atoms with E-state index in [9.17, 15) is 0 Å². The van der Waals surface area contributed by atoms with Crippen LogP contribution in [0.15, 0.2) is 178 Å². The third-order valence-electron chi connectivity index (χ3n) is 8.93. The number of nitrogens with one attached hydrogen (secondary N) is 1. The first-order chi connectivity index (χ1) is 23.3. The highest BCUT2D eigenvalue weighted by Gasteiger charge is 2.22. The summed E-state index contributed by atoms with van der Waals surface area (Å²) in [6.45, 7) is 0. The number of furan rings is 1. The van der Waals surface area contributed by atoms with Crippen molar-refractivity contribution in [3.63, 3.8) is 0 Å². The Hall–Kier alpha value is -6.26. The van der Waals surface area contributed by atoms with E-state index < -0.39 is 6.17 Å². The highest BCUT2D eigenvalue weighted by atomic mass is 16.3. The summed E-state index contributed by atoms with van der Waals surface area (Å²) < 4.78 is 6.20. The van der Waals surface area contributed by atoms with Gasteiger partial charge in [-0.25, -0.2) is 9.98 Å². The lowest BCUT2D eigenvalue weighted by Crippen LogP contribution is -2.36. The lowest BCUT2D eigenvalue weighted by molar-refractivity contribution is 0.669. The first-order valence-electron chi connectivity index (χ1n) is 15.9. The van der Waals surface area contributed by atoms with Crippen molar-refractivity contribution in [2.24, 2.45) is 9.98 Å². The molecule has 0 spiro atoms. The predicted octanol–water partition coefficient (Wildman–Crippen LogP) is 10.6. The van der Waals surface area contributed by atoms with Crippen LogP contribution in [-0.4, -0.2) is 11.7 Å². The van der Waals surface area contributed by atoms with Crippen molar-refractivity contribution in [1.29, 1.82) is 0 Å². The summed E-state index contributed by atoms with van der Waals surface area (Å²) >= 11 is 0. The van der Waals surface area contributed by atoms with E-state index in [1.165, 1.54) is 11.1 Å². The predicted molar refractivity (Wildman–Crippen MR) is 194 cm³/mol. The summed E-state index contributed by atoms with van der Waals surface area (Å²) in [4.78, 5) is 10.4. The zero-order valence-electron chi connectivity index (χ0n) is 25.5. The van der Waals surface area contributed by atoms with Gasteiger partial charge in [0.15, 0.2) is 6.17 Å². The number of fused-ring (bicyclic) bond motifs is 4. The van der Waals surface area contributed by atoms with Crippen molar-refractivity contribution in [3.05, 3.63) is 180 Å². The number of hydrogen-bond acceptors (Lipinski definition) is 4.